The van der Waals surface area contributed by atoms with Crippen molar-refractivity contribution in [1.29, 1.82) is 0 Å². The molecule has 0 heterocycles. The van der Waals surface area contributed by atoms with Crippen LogP contribution in [0.1, 0.15) is 13.3 Å². The summed E-state index contributed by atoms with van der Waals surface area (Å²) in [6, 6.07) is 11.8. The third-order valence-corrected chi connectivity index (χ3v) is 5.27. The smallest absolute Gasteiger partial charge is 0.262 e. The van der Waals surface area contributed by atoms with Gasteiger partial charge in [0, 0.05) is 28.7 Å². The molecule has 9 heteroatoms. The third kappa shape index (κ3) is 8.42. The van der Waals surface area contributed by atoms with Crippen LogP contribution in [0.5, 0.6) is 11.5 Å². The van der Waals surface area contributed by atoms with Crippen LogP contribution in [-0.4, -0.2) is 38.0 Å². The SMILES string of the molecule is CNC1(C)C=C(NC(=O)COc2ccc(Cl)c(Cl)c2)C1.O=CCOc1cccc(Cl)c1. The van der Waals surface area contributed by atoms with Gasteiger partial charge in [0.25, 0.3) is 5.91 Å². The van der Waals surface area contributed by atoms with E-state index < -0.39 is 0 Å². The molecule has 2 aromatic rings. The molecule has 166 valence electrons. The van der Waals surface area contributed by atoms with Gasteiger partial charge in [0.05, 0.1) is 10.0 Å². The van der Waals surface area contributed by atoms with Crippen LogP contribution in [0.2, 0.25) is 15.1 Å². The van der Waals surface area contributed by atoms with Crippen molar-refractivity contribution < 1.29 is 19.1 Å². The first-order valence-electron chi connectivity index (χ1n) is 9.35. The van der Waals surface area contributed by atoms with Crippen molar-refractivity contribution in [2.24, 2.45) is 0 Å². The van der Waals surface area contributed by atoms with Crippen molar-refractivity contribution in [3.05, 3.63) is 69.3 Å². The number of amides is 1. The number of nitrogens with one attached hydrogen (secondary N) is 2. The molecule has 0 saturated carbocycles. The average Bonchev–Trinajstić information content (AvgIpc) is 2.72. The van der Waals surface area contributed by atoms with Gasteiger partial charge in [-0.3, -0.25) is 9.59 Å². The predicted octanol–water partition coefficient (Wildman–Crippen LogP) is 4.67. The molecule has 2 aromatic carbocycles. The van der Waals surface area contributed by atoms with Crippen LogP contribution in [-0.2, 0) is 9.59 Å². The van der Waals surface area contributed by atoms with E-state index in [2.05, 4.69) is 17.6 Å². The second-order valence-corrected chi connectivity index (χ2v) is 8.11. The first-order chi connectivity index (χ1) is 14.7. The van der Waals surface area contributed by atoms with E-state index in [0.717, 1.165) is 12.1 Å². The molecule has 0 saturated heterocycles. The lowest BCUT2D eigenvalue weighted by atomic mass is 9.84. The van der Waals surface area contributed by atoms with Gasteiger partial charge in [-0.1, -0.05) is 40.9 Å². The molecule has 0 fully saturated rings. The molecule has 2 N–H and O–H groups in total. The maximum Gasteiger partial charge on any atom is 0.262 e. The fourth-order valence-corrected chi connectivity index (χ4v) is 3.08. The highest BCUT2D eigenvalue weighted by molar-refractivity contribution is 6.42. The number of aldehydes is 1. The molecule has 31 heavy (non-hydrogen) atoms. The van der Waals surface area contributed by atoms with E-state index in [4.69, 9.17) is 44.3 Å². The van der Waals surface area contributed by atoms with Crippen molar-refractivity contribution in [3.8, 4) is 11.5 Å². The quantitative estimate of drug-likeness (QED) is 0.531. The fourth-order valence-electron chi connectivity index (χ4n) is 2.61. The molecule has 1 atom stereocenters. The molecule has 0 aromatic heterocycles. The van der Waals surface area contributed by atoms with Crippen molar-refractivity contribution >= 4 is 47.0 Å². The first-order valence-corrected chi connectivity index (χ1v) is 10.5. The Kier molecular flexibility index (Phi) is 9.65. The number of carbonyl (C=O) groups is 2. The zero-order chi connectivity index (χ0) is 22.9. The summed E-state index contributed by atoms with van der Waals surface area (Å²) < 4.78 is 10.3. The van der Waals surface area contributed by atoms with Gasteiger partial charge in [-0.2, -0.15) is 0 Å². The molecule has 3 rings (SSSR count). The second-order valence-electron chi connectivity index (χ2n) is 6.86. The minimum absolute atomic E-state index is 0.0207. The van der Waals surface area contributed by atoms with Gasteiger partial charge in [0.2, 0.25) is 0 Å². The summed E-state index contributed by atoms with van der Waals surface area (Å²) in [6.45, 7) is 2.07. The van der Waals surface area contributed by atoms with E-state index in [0.29, 0.717) is 32.9 Å². The van der Waals surface area contributed by atoms with E-state index >= 15 is 0 Å². The summed E-state index contributed by atoms with van der Waals surface area (Å²) in [5.41, 5.74) is 0.886. The van der Waals surface area contributed by atoms with E-state index in [1.165, 1.54) is 0 Å². The molecule has 1 aliphatic carbocycles. The van der Waals surface area contributed by atoms with Crippen LogP contribution in [0, 0.1) is 0 Å². The summed E-state index contributed by atoms with van der Waals surface area (Å²) >= 11 is 17.3. The standard InChI is InChI=1S/C14H16Cl2N2O2.C8H7ClO2/c1-14(17-2)6-9(7-14)18-13(19)8-20-10-3-4-11(15)12(16)5-10;9-7-2-1-3-8(6-7)11-5-4-10/h3-6,17H,7-8H2,1-2H3,(H,18,19);1-4,6H,5H2. The van der Waals surface area contributed by atoms with Crippen molar-refractivity contribution in [3.63, 3.8) is 0 Å². The molecule has 1 aliphatic rings. The zero-order valence-corrected chi connectivity index (χ0v) is 19.4. The lowest BCUT2D eigenvalue weighted by Crippen LogP contribution is -2.48. The Bertz CT molecular complexity index is 952. The zero-order valence-electron chi connectivity index (χ0n) is 17.1. The van der Waals surface area contributed by atoms with Gasteiger partial charge in [-0.05, 0) is 50.4 Å². The molecular formula is C22H23Cl3N2O4. The lowest BCUT2D eigenvalue weighted by Gasteiger charge is -2.36. The number of hydrogen-bond donors (Lipinski definition) is 2. The minimum Gasteiger partial charge on any atom is -0.486 e. The molecule has 0 aliphatic heterocycles. The number of halogens is 3. The van der Waals surface area contributed by atoms with Crippen LogP contribution in [0.15, 0.2) is 54.2 Å². The van der Waals surface area contributed by atoms with Crippen LogP contribution in [0.4, 0.5) is 0 Å². The number of benzene rings is 2. The largest absolute Gasteiger partial charge is 0.486 e. The Balaban J connectivity index is 0.000000262. The molecule has 0 spiro atoms. The number of likely N-dealkylation sites (N-methyl/N-ethyl adjacent to an activating group) is 1. The van der Waals surface area contributed by atoms with Crippen LogP contribution >= 0.6 is 34.8 Å². The second kappa shape index (κ2) is 12.0. The highest BCUT2D eigenvalue weighted by Gasteiger charge is 2.30. The van der Waals surface area contributed by atoms with Crippen LogP contribution < -0.4 is 20.1 Å². The Labute approximate surface area is 196 Å². The Morgan fingerprint density at radius 3 is 2.42 bits per heavy atom. The number of ether oxygens (including phenoxy) is 2. The normalized spacial score (nSPS) is 16.7. The molecule has 1 unspecified atom stereocenters. The Hall–Kier alpha value is -2.25. The fraction of sp³-hybridized carbons (Fsp3) is 0.273. The van der Waals surface area contributed by atoms with Crippen LogP contribution in [0.3, 0.4) is 0 Å². The van der Waals surface area contributed by atoms with E-state index in [1.807, 2.05) is 13.1 Å². The molecule has 0 radical (unpaired) electrons. The van der Waals surface area contributed by atoms with E-state index in [9.17, 15) is 9.59 Å². The van der Waals surface area contributed by atoms with Gasteiger partial charge in [-0.15, -0.1) is 0 Å². The van der Waals surface area contributed by atoms with Crippen molar-refractivity contribution in [1.82, 2.24) is 10.6 Å². The Morgan fingerprint density at radius 1 is 1.10 bits per heavy atom. The highest BCUT2D eigenvalue weighted by atomic mass is 35.5. The van der Waals surface area contributed by atoms with Crippen LogP contribution in [0.25, 0.3) is 0 Å². The maximum absolute atomic E-state index is 11.7. The average molecular weight is 486 g/mol. The van der Waals surface area contributed by atoms with Crippen molar-refractivity contribution in [2.45, 2.75) is 18.9 Å². The third-order valence-electron chi connectivity index (χ3n) is 4.30. The summed E-state index contributed by atoms with van der Waals surface area (Å²) in [5.74, 6) is 0.933. The minimum atomic E-state index is -0.194. The number of rotatable bonds is 8. The summed E-state index contributed by atoms with van der Waals surface area (Å²) in [6.07, 6.45) is 3.48. The first kappa shape index (κ1) is 25.0. The topological polar surface area (TPSA) is 76.7 Å². The van der Waals surface area contributed by atoms with Gasteiger partial charge < -0.3 is 20.1 Å². The molecule has 1 amide bonds. The molecule has 0 bridgehead atoms. The summed E-state index contributed by atoms with van der Waals surface area (Å²) in [7, 11) is 1.89. The van der Waals surface area contributed by atoms with Gasteiger partial charge in [0.15, 0.2) is 12.9 Å². The lowest BCUT2D eigenvalue weighted by molar-refractivity contribution is -0.122. The predicted molar refractivity (Wildman–Crippen MR) is 123 cm³/mol. The highest BCUT2D eigenvalue weighted by Crippen LogP contribution is 2.28. The van der Waals surface area contributed by atoms with Gasteiger partial charge in [0.1, 0.15) is 18.1 Å². The maximum atomic E-state index is 11.7. The van der Waals surface area contributed by atoms with Crippen molar-refractivity contribution in [2.75, 3.05) is 20.3 Å². The molecule has 6 nitrogen and oxygen atoms in total. The Morgan fingerprint density at radius 2 is 1.81 bits per heavy atom. The monoisotopic (exact) mass is 484 g/mol. The molecular weight excluding hydrogens is 463 g/mol. The number of carbonyl (C=O) groups excluding carboxylic acids is 2. The van der Waals surface area contributed by atoms with Gasteiger partial charge >= 0.3 is 0 Å². The summed E-state index contributed by atoms with van der Waals surface area (Å²) in [5, 5.41) is 7.42. The summed E-state index contributed by atoms with van der Waals surface area (Å²) in [4.78, 5) is 21.6. The van der Waals surface area contributed by atoms with E-state index in [1.54, 1.807) is 42.5 Å². The van der Waals surface area contributed by atoms with E-state index in [-0.39, 0.29) is 24.7 Å². The number of hydrogen-bond acceptors (Lipinski definition) is 5. The van der Waals surface area contributed by atoms with Gasteiger partial charge in [-0.25, -0.2) is 0 Å².